The van der Waals surface area contributed by atoms with Crippen molar-refractivity contribution >= 4 is 23.5 Å². The highest BCUT2D eigenvalue weighted by molar-refractivity contribution is 6.02. The summed E-state index contributed by atoms with van der Waals surface area (Å²) >= 11 is 0. The average molecular weight is 338 g/mol. The van der Waals surface area contributed by atoms with Crippen molar-refractivity contribution in [3.8, 4) is 6.07 Å². The van der Waals surface area contributed by atoms with E-state index in [4.69, 9.17) is 10.00 Å². The van der Waals surface area contributed by atoms with E-state index in [-0.39, 0.29) is 16.8 Å². The van der Waals surface area contributed by atoms with Crippen molar-refractivity contribution in [1.82, 2.24) is 0 Å². The molecule has 2 rings (SSSR count). The molecule has 25 heavy (non-hydrogen) atoms. The quantitative estimate of drug-likeness (QED) is 0.837. The number of methoxy groups -OCH3 is 1. The number of para-hydroxylation sites is 1. The number of carbonyl (C=O) groups is 3. The minimum absolute atomic E-state index is 0.168. The van der Waals surface area contributed by atoms with Gasteiger partial charge in [0.05, 0.1) is 35.6 Å². The van der Waals surface area contributed by atoms with Gasteiger partial charge in [-0.05, 0) is 30.3 Å². The van der Waals surface area contributed by atoms with Crippen LogP contribution in [0.25, 0.3) is 0 Å². The van der Waals surface area contributed by atoms with Gasteiger partial charge in [0.1, 0.15) is 0 Å². The van der Waals surface area contributed by atoms with Gasteiger partial charge in [0.25, 0.3) is 5.91 Å². The molecule has 0 aliphatic heterocycles. The number of nitrogens with one attached hydrogen (secondary N) is 1. The van der Waals surface area contributed by atoms with Gasteiger partial charge in [-0.25, -0.2) is 9.59 Å². The van der Waals surface area contributed by atoms with E-state index in [1.165, 1.54) is 31.4 Å². The first-order chi connectivity index (χ1) is 12.0. The van der Waals surface area contributed by atoms with Crippen molar-refractivity contribution in [1.29, 1.82) is 5.26 Å². The van der Waals surface area contributed by atoms with Crippen molar-refractivity contribution in [2.45, 2.75) is 0 Å². The highest BCUT2D eigenvalue weighted by Crippen LogP contribution is 2.16. The number of benzene rings is 2. The van der Waals surface area contributed by atoms with Gasteiger partial charge in [-0.3, -0.25) is 4.79 Å². The summed E-state index contributed by atoms with van der Waals surface area (Å²) < 4.78 is 9.55. The fourth-order valence-corrected chi connectivity index (χ4v) is 2.00. The zero-order valence-electron chi connectivity index (χ0n) is 13.3. The summed E-state index contributed by atoms with van der Waals surface area (Å²) in [7, 11) is 1.23. The molecule has 0 aliphatic rings. The van der Waals surface area contributed by atoms with Gasteiger partial charge < -0.3 is 14.8 Å². The maximum atomic E-state index is 11.9. The summed E-state index contributed by atoms with van der Waals surface area (Å²) in [5, 5.41) is 11.3. The third-order valence-electron chi connectivity index (χ3n) is 3.17. The molecule has 0 saturated carbocycles. The number of anilines is 1. The predicted molar refractivity (Wildman–Crippen MR) is 87.9 cm³/mol. The number of rotatable bonds is 5. The standard InChI is InChI=1S/C18H14N2O5/c1-24-18(23)14-7-2-3-8-15(14)20-16(21)11-25-17(22)13-6-4-5-12(9-13)10-19/h2-9H,11H2,1H3,(H,20,21). The smallest absolute Gasteiger partial charge is 0.339 e. The molecule has 7 heteroatoms. The molecule has 1 amide bonds. The number of hydrogen-bond acceptors (Lipinski definition) is 6. The lowest BCUT2D eigenvalue weighted by atomic mass is 10.1. The topological polar surface area (TPSA) is 105 Å². The molecule has 0 fully saturated rings. The summed E-state index contributed by atoms with van der Waals surface area (Å²) in [6.45, 7) is -0.537. The summed E-state index contributed by atoms with van der Waals surface area (Å²) in [6, 6.07) is 14.2. The lowest BCUT2D eigenvalue weighted by Gasteiger charge is -2.10. The number of esters is 2. The minimum Gasteiger partial charge on any atom is -0.465 e. The number of carbonyl (C=O) groups excluding carboxylic acids is 3. The summed E-state index contributed by atoms with van der Waals surface area (Å²) in [4.78, 5) is 35.5. The Hall–Kier alpha value is -3.66. The lowest BCUT2D eigenvalue weighted by Crippen LogP contribution is -2.22. The fraction of sp³-hybridized carbons (Fsp3) is 0.111. The molecule has 0 aliphatic carbocycles. The molecule has 1 N–H and O–H groups in total. The lowest BCUT2D eigenvalue weighted by molar-refractivity contribution is -0.119. The van der Waals surface area contributed by atoms with Crippen LogP contribution in [-0.4, -0.2) is 31.6 Å². The van der Waals surface area contributed by atoms with Crippen LogP contribution in [-0.2, 0) is 14.3 Å². The molecule has 0 heterocycles. The molecular formula is C18H14N2O5. The van der Waals surface area contributed by atoms with Crippen LogP contribution in [0.1, 0.15) is 26.3 Å². The molecule has 0 saturated heterocycles. The molecule has 0 radical (unpaired) electrons. The van der Waals surface area contributed by atoms with Crippen LogP contribution in [0.4, 0.5) is 5.69 Å². The Morgan fingerprint density at radius 3 is 2.56 bits per heavy atom. The van der Waals surface area contributed by atoms with E-state index in [0.717, 1.165) is 0 Å². The molecule has 126 valence electrons. The molecule has 7 nitrogen and oxygen atoms in total. The predicted octanol–water partition coefficient (Wildman–Crippen LogP) is 2.14. The molecule has 0 unspecified atom stereocenters. The maximum absolute atomic E-state index is 11.9. The van der Waals surface area contributed by atoms with Crippen LogP contribution in [0.2, 0.25) is 0 Å². The summed E-state index contributed by atoms with van der Waals surface area (Å²) in [5.41, 5.74) is 0.918. The Labute approximate surface area is 143 Å². The van der Waals surface area contributed by atoms with E-state index in [0.29, 0.717) is 5.56 Å². The van der Waals surface area contributed by atoms with Gasteiger partial charge in [-0.2, -0.15) is 5.26 Å². The zero-order valence-corrected chi connectivity index (χ0v) is 13.3. The van der Waals surface area contributed by atoms with Gasteiger partial charge in [-0.15, -0.1) is 0 Å². The number of nitriles is 1. The first-order valence-electron chi connectivity index (χ1n) is 7.19. The Morgan fingerprint density at radius 1 is 1.08 bits per heavy atom. The highest BCUT2D eigenvalue weighted by atomic mass is 16.5. The first-order valence-corrected chi connectivity index (χ1v) is 7.19. The highest BCUT2D eigenvalue weighted by Gasteiger charge is 2.15. The molecule has 0 atom stereocenters. The van der Waals surface area contributed by atoms with Gasteiger partial charge in [-0.1, -0.05) is 18.2 Å². The molecule has 0 aromatic heterocycles. The third-order valence-corrected chi connectivity index (χ3v) is 3.17. The van der Waals surface area contributed by atoms with E-state index in [2.05, 4.69) is 10.1 Å². The Morgan fingerprint density at radius 2 is 1.84 bits per heavy atom. The van der Waals surface area contributed by atoms with E-state index >= 15 is 0 Å². The molecular weight excluding hydrogens is 324 g/mol. The van der Waals surface area contributed by atoms with Crippen LogP contribution in [0.3, 0.4) is 0 Å². The fourth-order valence-electron chi connectivity index (χ4n) is 2.00. The van der Waals surface area contributed by atoms with Crippen LogP contribution in [0.5, 0.6) is 0 Å². The number of amides is 1. The van der Waals surface area contributed by atoms with Crippen LogP contribution < -0.4 is 5.32 Å². The van der Waals surface area contributed by atoms with Crippen LogP contribution in [0, 0.1) is 11.3 Å². The van der Waals surface area contributed by atoms with Crippen LogP contribution in [0.15, 0.2) is 48.5 Å². The zero-order chi connectivity index (χ0) is 18.2. The van der Waals surface area contributed by atoms with Crippen LogP contribution >= 0.6 is 0 Å². The Kier molecular flexibility index (Phi) is 5.85. The number of hydrogen-bond donors (Lipinski definition) is 1. The molecule has 0 bridgehead atoms. The van der Waals surface area contributed by atoms with Gasteiger partial charge >= 0.3 is 11.9 Å². The monoisotopic (exact) mass is 338 g/mol. The Balaban J connectivity index is 1.98. The number of nitrogens with zero attached hydrogens (tertiary/aromatic N) is 1. The summed E-state index contributed by atoms with van der Waals surface area (Å²) in [5.74, 6) is -1.93. The Bertz CT molecular complexity index is 855. The van der Waals surface area contributed by atoms with Crippen molar-refractivity contribution in [3.05, 3.63) is 65.2 Å². The number of ether oxygens (including phenoxy) is 2. The van der Waals surface area contributed by atoms with E-state index in [9.17, 15) is 14.4 Å². The van der Waals surface area contributed by atoms with Gasteiger partial charge in [0.15, 0.2) is 6.61 Å². The van der Waals surface area contributed by atoms with E-state index in [1.807, 2.05) is 6.07 Å². The molecule has 2 aromatic rings. The summed E-state index contributed by atoms with van der Waals surface area (Å²) in [6.07, 6.45) is 0. The van der Waals surface area contributed by atoms with Crippen molar-refractivity contribution in [2.24, 2.45) is 0 Å². The largest absolute Gasteiger partial charge is 0.465 e. The SMILES string of the molecule is COC(=O)c1ccccc1NC(=O)COC(=O)c1cccc(C#N)c1. The average Bonchev–Trinajstić information content (AvgIpc) is 2.66. The minimum atomic E-state index is -0.728. The van der Waals surface area contributed by atoms with Crippen molar-refractivity contribution in [2.75, 3.05) is 19.0 Å². The second-order valence-corrected chi connectivity index (χ2v) is 4.85. The van der Waals surface area contributed by atoms with Gasteiger partial charge in [0.2, 0.25) is 0 Å². The third kappa shape index (κ3) is 4.65. The van der Waals surface area contributed by atoms with Gasteiger partial charge in [0, 0.05) is 0 Å². The molecule has 0 spiro atoms. The maximum Gasteiger partial charge on any atom is 0.339 e. The second-order valence-electron chi connectivity index (χ2n) is 4.85. The van der Waals surface area contributed by atoms with E-state index < -0.39 is 24.5 Å². The van der Waals surface area contributed by atoms with Crippen molar-refractivity contribution in [3.63, 3.8) is 0 Å². The molecule has 2 aromatic carbocycles. The normalized spacial score (nSPS) is 9.60. The second kappa shape index (κ2) is 8.26. The first kappa shape index (κ1) is 17.7. The van der Waals surface area contributed by atoms with E-state index in [1.54, 1.807) is 24.3 Å². The van der Waals surface area contributed by atoms with Crippen molar-refractivity contribution < 1.29 is 23.9 Å².